The number of methoxy groups -OCH3 is 2. The number of rotatable bonds is 8. The summed E-state index contributed by atoms with van der Waals surface area (Å²) < 4.78 is 45.6. The van der Waals surface area contributed by atoms with E-state index in [9.17, 15) is 13.2 Å². The maximum atomic E-state index is 13.8. The Kier molecular flexibility index (Phi) is 7.60. The fraction of sp³-hybridized carbons (Fsp3) is 0.345. The number of hydrogen-bond donors (Lipinski definition) is 1. The van der Waals surface area contributed by atoms with Gasteiger partial charge in [-0.1, -0.05) is 29.8 Å². The fourth-order valence-electron chi connectivity index (χ4n) is 4.59. The molecule has 0 saturated carbocycles. The van der Waals surface area contributed by atoms with Crippen LogP contribution in [0.2, 0.25) is 0 Å². The highest BCUT2D eigenvalue weighted by Gasteiger charge is 2.36. The molecule has 0 fully saturated rings. The number of anilines is 1. The minimum absolute atomic E-state index is 0.0821. The molecule has 3 aromatic rings. The molecule has 3 aromatic carbocycles. The lowest BCUT2D eigenvalue weighted by Gasteiger charge is -2.38. The lowest BCUT2D eigenvalue weighted by molar-refractivity contribution is -0.120. The third-order valence-corrected chi connectivity index (χ3v) is 8.30. The number of nitrogens with one attached hydrogen (secondary N) is 1. The SMILES string of the molecule is COc1ccc(N(CC(=O)NC2CC(C)(C)Oc3cc(C)ccc32)S(=O)(=O)c2ccc(C)cc2)cc1OC. The van der Waals surface area contributed by atoms with E-state index < -0.39 is 28.1 Å². The molecule has 1 atom stereocenters. The van der Waals surface area contributed by atoms with Crippen molar-refractivity contribution in [2.45, 2.75) is 50.7 Å². The lowest BCUT2D eigenvalue weighted by Crippen LogP contribution is -2.45. The molecule has 1 unspecified atom stereocenters. The van der Waals surface area contributed by atoms with E-state index in [2.05, 4.69) is 5.32 Å². The molecule has 1 amide bonds. The molecule has 1 heterocycles. The fourth-order valence-corrected chi connectivity index (χ4v) is 6.00. The number of carbonyl (C=O) groups is 1. The average Bonchev–Trinajstić information content (AvgIpc) is 2.86. The minimum atomic E-state index is -4.09. The summed E-state index contributed by atoms with van der Waals surface area (Å²) in [5, 5.41) is 3.05. The molecule has 1 aliphatic heterocycles. The first-order valence-electron chi connectivity index (χ1n) is 12.3. The molecule has 0 saturated heterocycles. The van der Waals surface area contributed by atoms with Crippen LogP contribution >= 0.6 is 0 Å². The molecule has 0 radical (unpaired) electrons. The first kappa shape index (κ1) is 27.3. The van der Waals surface area contributed by atoms with Gasteiger partial charge in [-0.2, -0.15) is 0 Å². The number of sulfonamides is 1. The van der Waals surface area contributed by atoms with E-state index in [-0.39, 0.29) is 16.6 Å². The molecule has 8 nitrogen and oxygen atoms in total. The maximum Gasteiger partial charge on any atom is 0.264 e. The van der Waals surface area contributed by atoms with Crippen molar-refractivity contribution < 1.29 is 27.4 Å². The number of aryl methyl sites for hydroxylation is 2. The Hall–Kier alpha value is -3.72. The lowest BCUT2D eigenvalue weighted by atomic mass is 9.89. The average molecular weight is 539 g/mol. The van der Waals surface area contributed by atoms with Gasteiger partial charge in [0.2, 0.25) is 5.91 Å². The van der Waals surface area contributed by atoms with Crippen LogP contribution in [0.25, 0.3) is 0 Å². The molecule has 0 spiro atoms. The summed E-state index contributed by atoms with van der Waals surface area (Å²) in [5.74, 6) is 1.08. The first-order chi connectivity index (χ1) is 17.9. The number of ether oxygens (including phenoxy) is 3. The number of amides is 1. The maximum absolute atomic E-state index is 13.8. The van der Waals surface area contributed by atoms with Crippen molar-refractivity contribution in [2.75, 3.05) is 25.1 Å². The summed E-state index contributed by atoms with van der Waals surface area (Å²) in [7, 11) is -1.12. The highest BCUT2D eigenvalue weighted by atomic mass is 32.2. The second-order valence-electron chi connectivity index (χ2n) is 10.1. The summed E-state index contributed by atoms with van der Waals surface area (Å²) >= 11 is 0. The predicted molar refractivity (Wildman–Crippen MR) is 147 cm³/mol. The Balaban J connectivity index is 1.69. The molecule has 0 bridgehead atoms. The van der Waals surface area contributed by atoms with Gasteiger partial charge in [0.25, 0.3) is 10.0 Å². The Bertz CT molecular complexity index is 1430. The smallest absolute Gasteiger partial charge is 0.264 e. The van der Waals surface area contributed by atoms with Crippen molar-refractivity contribution in [1.29, 1.82) is 0 Å². The zero-order valence-corrected chi connectivity index (χ0v) is 23.4. The molecular weight excluding hydrogens is 504 g/mol. The zero-order valence-electron chi connectivity index (χ0n) is 22.6. The summed E-state index contributed by atoms with van der Waals surface area (Å²) in [6.45, 7) is 7.37. The Labute approximate surface area is 224 Å². The standard InChI is InChI=1S/C29H34N2O6S/c1-19-7-11-22(12-8-19)38(33,34)31(21-10-14-25(35-5)27(16-21)36-6)18-28(32)30-24-17-29(3,4)37-26-15-20(2)9-13-23(24)26/h7-16,24H,17-18H2,1-6H3,(H,30,32). The Morgan fingerprint density at radius 1 is 0.974 bits per heavy atom. The van der Waals surface area contributed by atoms with E-state index in [1.807, 2.05) is 45.9 Å². The molecule has 38 heavy (non-hydrogen) atoms. The van der Waals surface area contributed by atoms with Gasteiger partial charge in [-0.15, -0.1) is 0 Å². The van der Waals surface area contributed by atoms with Gasteiger partial charge in [-0.25, -0.2) is 8.42 Å². The van der Waals surface area contributed by atoms with Crippen LogP contribution in [0.4, 0.5) is 5.69 Å². The molecule has 202 valence electrons. The van der Waals surface area contributed by atoms with E-state index in [1.165, 1.54) is 26.4 Å². The van der Waals surface area contributed by atoms with Crippen LogP contribution in [0.3, 0.4) is 0 Å². The second-order valence-corrected chi connectivity index (χ2v) is 12.0. The van der Waals surface area contributed by atoms with Gasteiger partial charge in [0.05, 0.1) is 30.8 Å². The second kappa shape index (κ2) is 10.6. The molecule has 4 rings (SSSR count). The summed E-state index contributed by atoms with van der Waals surface area (Å²) in [5.41, 5.74) is 2.62. The summed E-state index contributed by atoms with van der Waals surface area (Å²) in [6, 6.07) is 16.8. The van der Waals surface area contributed by atoms with Gasteiger partial charge in [-0.3, -0.25) is 9.10 Å². The van der Waals surface area contributed by atoms with E-state index in [0.717, 1.165) is 26.7 Å². The van der Waals surface area contributed by atoms with Crippen LogP contribution in [0, 0.1) is 13.8 Å². The topological polar surface area (TPSA) is 94.2 Å². The number of benzene rings is 3. The van der Waals surface area contributed by atoms with Crippen molar-refractivity contribution in [3.8, 4) is 17.2 Å². The van der Waals surface area contributed by atoms with Crippen LogP contribution in [-0.2, 0) is 14.8 Å². The van der Waals surface area contributed by atoms with Crippen molar-refractivity contribution in [2.24, 2.45) is 0 Å². The van der Waals surface area contributed by atoms with Gasteiger partial charge in [-0.05, 0) is 63.6 Å². The van der Waals surface area contributed by atoms with Gasteiger partial charge in [0.1, 0.15) is 17.9 Å². The van der Waals surface area contributed by atoms with Crippen LogP contribution in [0.5, 0.6) is 17.2 Å². The minimum Gasteiger partial charge on any atom is -0.493 e. The van der Waals surface area contributed by atoms with E-state index in [1.54, 1.807) is 30.3 Å². The largest absolute Gasteiger partial charge is 0.493 e. The molecule has 1 aliphatic rings. The normalized spacial score (nSPS) is 16.1. The first-order valence-corrected chi connectivity index (χ1v) is 13.8. The zero-order chi connectivity index (χ0) is 27.7. The Morgan fingerprint density at radius 3 is 2.29 bits per heavy atom. The number of hydrogen-bond acceptors (Lipinski definition) is 6. The number of nitrogens with zero attached hydrogens (tertiary/aromatic N) is 1. The summed E-state index contributed by atoms with van der Waals surface area (Å²) in [4.78, 5) is 13.6. The van der Waals surface area contributed by atoms with Crippen LogP contribution < -0.4 is 23.8 Å². The van der Waals surface area contributed by atoms with Crippen molar-refractivity contribution >= 4 is 21.6 Å². The van der Waals surface area contributed by atoms with Crippen LogP contribution in [0.15, 0.2) is 65.6 Å². The van der Waals surface area contributed by atoms with E-state index in [0.29, 0.717) is 17.9 Å². The highest BCUT2D eigenvalue weighted by Crippen LogP contribution is 2.40. The predicted octanol–water partition coefficient (Wildman–Crippen LogP) is 4.93. The Morgan fingerprint density at radius 2 is 1.63 bits per heavy atom. The van der Waals surface area contributed by atoms with Crippen molar-refractivity contribution in [3.63, 3.8) is 0 Å². The van der Waals surface area contributed by atoms with E-state index >= 15 is 0 Å². The van der Waals surface area contributed by atoms with Gasteiger partial charge in [0, 0.05) is 18.1 Å². The van der Waals surface area contributed by atoms with Crippen molar-refractivity contribution in [3.05, 3.63) is 77.4 Å². The summed E-state index contributed by atoms with van der Waals surface area (Å²) in [6.07, 6.45) is 0.538. The molecule has 9 heteroatoms. The molecule has 0 aliphatic carbocycles. The van der Waals surface area contributed by atoms with E-state index in [4.69, 9.17) is 14.2 Å². The third-order valence-electron chi connectivity index (χ3n) is 6.51. The van der Waals surface area contributed by atoms with Gasteiger partial charge in [0.15, 0.2) is 11.5 Å². The highest BCUT2D eigenvalue weighted by molar-refractivity contribution is 7.92. The molecular formula is C29H34N2O6S. The van der Waals surface area contributed by atoms with Crippen LogP contribution in [0.1, 0.15) is 43.0 Å². The molecule has 0 aromatic heterocycles. The number of fused-ring (bicyclic) bond motifs is 1. The quantitative estimate of drug-likeness (QED) is 0.437. The van der Waals surface area contributed by atoms with Gasteiger partial charge < -0.3 is 19.5 Å². The number of carbonyl (C=O) groups excluding carboxylic acids is 1. The van der Waals surface area contributed by atoms with Gasteiger partial charge >= 0.3 is 0 Å². The third kappa shape index (κ3) is 5.72. The molecule has 1 N–H and O–H groups in total. The van der Waals surface area contributed by atoms with Crippen LogP contribution in [-0.4, -0.2) is 40.7 Å². The monoisotopic (exact) mass is 538 g/mol. The van der Waals surface area contributed by atoms with Crippen molar-refractivity contribution in [1.82, 2.24) is 5.32 Å².